The molecule has 2 N–H and O–H groups in total. The third-order valence-electron chi connectivity index (χ3n) is 4.10. The van der Waals surface area contributed by atoms with Crippen molar-refractivity contribution < 1.29 is 19.5 Å². The fourth-order valence-corrected chi connectivity index (χ4v) is 3.00. The van der Waals surface area contributed by atoms with E-state index in [1.165, 1.54) is 0 Å². The number of amides is 2. The molecular weight excluding hydrogens is 368 g/mol. The van der Waals surface area contributed by atoms with E-state index in [1.807, 2.05) is 25.1 Å². The Bertz CT molecular complexity index is 1050. The largest absolute Gasteiger partial charge is 0.477 e. The highest BCUT2D eigenvalue weighted by molar-refractivity contribution is 6.35. The van der Waals surface area contributed by atoms with Gasteiger partial charge >= 0.3 is 5.97 Å². The lowest BCUT2D eigenvalue weighted by Crippen LogP contribution is -2.19. The first-order valence-corrected chi connectivity index (χ1v) is 8.56. The van der Waals surface area contributed by atoms with Crippen molar-refractivity contribution in [1.29, 1.82) is 0 Å². The lowest BCUT2D eigenvalue weighted by molar-refractivity contribution is 0.0689. The van der Waals surface area contributed by atoms with Crippen molar-refractivity contribution in [2.24, 2.45) is 0 Å². The monoisotopic (exact) mass is 382 g/mol. The van der Waals surface area contributed by atoms with Crippen LogP contribution in [-0.4, -0.2) is 27.9 Å². The number of imide groups is 1. The second kappa shape index (κ2) is 7.55. The van der Waals surface area contributed by atoms with Crippen molar-refractivity contribution in [1.82, 2.24) is 10.3 Å². The van der Waals surface area contributed by atoms with E-state index in [0.717, 1.165) is 10.9 Å². The Kier molecular flexibility index (Phi) is 5.19. The number of carbonyl (C=O) groups is 3. The number of fused-ring (bicyclic) bond motifs is 2. The molecule has 0 radical (unpaired) electrons. The van der Waals surface area contributed by atoms with Crippen LogP contribution in [0.15, 0.2) is 48.5 Å². The summed E-state index contributed by atoms with van der Waals surface area (Å²) in [5.41, 5.74) is 2.29. The van der Waals surface area contributed by atoms with Gasteiger partial charge in [0, 0.05) is 5.39 Å². The zero-order valence-corrected chi connectivity index (χ0v) is 15.1. The van der Waals surface area contributed by atoms with Crippen LogP contribution in [0, 0.1) is 0 Å². The standard InChI is InChI=1S/C12H10ClNO2.C8H5NO2/c1-2-7-6-8-4-3-5-9(13)10(8)14-11(7)12(15)16;10-7-5-3-1-2-4-6(5)8(11)9-7/h3-6H,2H2,1H3,(H,15,16);1-4H,(H,9,10,11). The Labute approximate surface area is 159 Å². The van der Waals surface area contributed by atoms with E-state index in [9.17, 15) is 14.4 Å². The Morgan fingerprint density at radius 2 is 1.70 bits per heavy atom. The van der Waals surface area contributed by atoms with Gasteiger partial charge in [0.25, 0.3) is 11.8 Å². The van der Waals surface area contributed by atoms with Gasteiger partial charge in [-0.05, 0) is 36.2 Å². The second-order valence-corrected chi connectivity index (χ2v) is 6.20. The molecule has 0 saturated heterocycles. The number of aromatic nitrogens is 1. The van der Waals surface area contributed by atoms with Crippen molar-refractivity contribution in [3.05, 3.63) is 75.9 Å². The molecule has 0 fully saturated rings. The molecule has 1 aliphatic heterocycles. The number of aryl methyl sites for hydroxylation is 1. The van der Waals surface area contributed by atoms with Crippen LogP contribution in [0.5, 0.6) is 0 Å². The SMILES string of the molecule is CCc1cc2cccc(Cl)c2nc1C(=O)O.O=C1NC(=O)c2ccccc21. The zero-order chi connectivity index (χ0) is 19.6. The Hall–Kier alpha value is -3.25. The van der Waals surface area contributed by atoms with Crippen LogP contribution in [0.2, 0.25) is 5.02 Å². The van der Waals surface area contributed by atoms with Crippen molar-refractivity contribution >= 4 is 40.3 Å². The van der Waals surface area contributed by atoms with Gasteiger partial charge in [-0.15, -0.1) is 0 Å². The maximum absolute atomic E-state index is 11.0. The first kappa shape index (κ1) is 18.5. The number of carboxylic acids is 1. The number of benzene rings is 2. The zero-order valence-electron chi connectivity index (χ0n) is 14.3. The van der Waals surface area contributed by atoms with Gasteiger partial charge in [0.1, 0.15) is 0 Å². The molecule has 0 saturated carbocycles. The molecule has 0 unspecified atom stereocenters. The summed E-state index contributed by atoms with van der Waals surface area (Å²) >= 11 is 5.97. The van der Waals surface area contributed by atoms with Crippen LogP contribution in [0.4, 0.5) is 0 Å². The molecule has 6 nitrogen and oxygen atoms in total. The number of nitrogens with one attached hydrogen (secondary N) is 1. The second-order valence-electron chi connectivity index (χ2n) is 5.80. The number of hydrogen-bond acceptors (Lipinski definition) is 4. The quantitative estimate of drug-likeness (QED) is 0.658. The van der Waals surface area contributed by atoms with Crippen LogP contribution in [0.3, 0.4) is 0 Å². The van der Waals surface area contributed by atoms with Gasteiger partial charge in [0.2, 0.25) is 0 Å². The molecule has 1 aliphatic rings. The Morgan fingerprint density at radius 1 is 1.07 bits per heavy atom. The minimum Gasteiger partial charge on any atom is -0.477 e. The number of carboxylic acid groups (broad SMARTS) is 1. The fourth-order valence-electron chi connectivity index (χ4n) is 2.78. The summed E-state index contributed by atoms with van der Waals surface area (Å²) in [6.07, 6.45) is 0.636. The number of hydrogen-bond donors (Lipinski definition) is 2. The van der Waals surface area contributed by atoms with Crippen LogP contribution >= 0.6 is 11.6 Å². The lowest BCUT2D eigenvalue weighted by atomic mass is 10.1. The number of pyridine rings is 1. The van der Waals surface area contributed by atoms with Gasteiger partial charge in [0.05, 0.1) is 21.7 Å². The predicted octanol–water partition coefficient (Wildman–Crippen LogP) is 3.72. The molecule has 2 heterocycles. The molecule has 0 bridgehead atoms. The Balaban J connectivity index is 0.000000166. The van der Waals surface area contributed by atoms with E-state index >= 15 is 0 Å². The molecule has 2 amide bonds. The summed E-state index contributed by atoms with van der Waals surface area (Å²) in [6.45, 7) is 1.90. The number of carbonyl (C=O) groups excluding carboxylic acids is 2. The number of halogens is 1. The van der Waals surface area contributed by atoms with E-state index in [1.54, 1.807) is 30.3 Å². The molecule has 3 aromatic rings. The van der Waals surface area contributed by atoms with Gasteiger partial charge in [-0.1, -0.05) is 42.8 Å². The van der Waals surface area contributed by atoms with E-state index in [2.05, 4.69) is 10.3 Å². The lowest BCUT2D eigenvalue weighted by Gasteiger charge is -2.06. The highest BCUT2D eigenvalue weighted by atomic mass is 35.5. The maximum Gasteiger partial charge on any atom is 0.354 e. The van der Waals surface area contributed by atoms with E-state index < -0.39 is 5.97 Å². The summed E-state index contributed by atoms with van der Waals surface area (Å²) in [6, 6.07) is 14.0. The normalized spacial score (nSPS) is 12.2. The highest BCUT2D eigenvalue weighted by Gasteiger charge is 2.25. The van der Waals surface area contributed by atoms with E-state index in [-0.39, 0.29) is 17.5 Å². The average Bonchev–Trinajstić information content (AvgIpc) is 2.96. The molecular formula is C20H15ClN2O4. The van der Waals surface area contributed by atoms with E-state index in [0.29, 0.717) is 28.1 Å². The minimum absolute atomic E-state index is 0.0862. The molecule has 7 heteroatoms. The number of aromatic carboxylic acids is 1. The maximum atomic E-state index is 11.0. The summed E-state index contributed by atoms with van der Waals surface area (Å²) in [5.74, 6) is -1.62. The van der Waals surface area contributed by atoms with Gasteiger partial charge < -0.3 is 5.11 Å². The molecule has 2 aromatic carbocycles. The summed E-state index contributed by atoms with van der Waals surface area (Å²) in [5, 5.41) is 12.6. The molecule has 0 aliphatic carbocycles. The molecule has 4 rings (SSSR count). The van der Waals surface area contributed by atoms with Gasteiger partial charge in [0.15, 0.2) is 5.69 Å². The van der Waals surface area contributed by atoms with Gasteiger partial charge in [-0.25, -0.2) is 9.78 Å². The Morgan fingerprint density at radius 3 is 2.26 bits per heavy atom. The van der Waals surface area contributed by atoms with Crippen molar-refractivity contribution in [3.8, 4) is 0 Å². The third kappa shape index (κ3) is 3.66. The number of nitrogens with zero attached hydrogens (tertiary/aromatic N) is 1. The highest BCUT2D eigenvalue weighted by Crippen LogP contribution is 2.24. The van der Waals surface area contributed by atoms with Crippen LogP contribution in [0.25, 0.3) is 10.9 Å². The van der Waals surface area contributed by atoms with Crippen molar-refractivity contribution in [2.45, 2.75) is 13.3 Å². The third-order valence-corrected chi connectivity index (χ3v) is 4.41. The minimum atomic E-state index is -1.02. The molecule has 0 atom stereocenters. The first-order chi connectivity index (χ1) is 12.9. The number of para-hydroxylation sites is 1. The molecule has 1 aromatic heterocycles. The number of rotatable bonds is 2. The summed E-state index contributed by atoms with van der Waals surface area (Å²) in [4.78, 5) is 37.0. The van der Waals surface area contributed by atoms with Crippen LogP contribution in [-0.2, 0) is 6.42 Å². The average molecular weight is 383 g/mol. The molecule has 136 valence electrons. The van der Waals surface area contributed by atoms with Crippen molar-refractivity contribution in [2.75, 3.05) is 0 Å². The molecule has 0 spiro atoms. The fraction of sp³-hybridized carbons (Fsp3) is 0.100. The smallest absolute Gasteiger partial charge is 0.354 e. The van der Waals surface area contributed by atoms with E-state index in [4.69, 9.17) is 16.7 Å². The van der Waals surface area contributed by atoms with Crippen molar-refractivity contribution in [3.63, 3.8) is 0 Å². The van der Waals surface area contributed by atoms with Gasteiger partial charge in [-0.3, -0.25) is 14.9 Å². The van der Waals surface area contributed by atoms with Gasteiger partial charge in [-0.2, -0.15) is 0 Å². The molecule has 27 heavy (non-hydrogen) atoms. The summed E-state index contributed by atoms with van der Waals surface area (Å²) in [7, 11) is 0. The first-order valence-electron chi connectivity index (χ1n) is 8.18. The topological polar surface area (TPSA) is 96.4 Å². The summed E-state index contributed by atoms with van der Waals surface area (Å²) < 4.78 is 0. The van der Waals surface area contributed by atoms with Crippen LogP contribution in [0.1, 0.15) is 43.7 Å². The van der Waals surface area contributed by atoms with Crippen LogP contribution < -0.4 is 5.32 Å². The predicted molar refractivity (Wildman–Crippen MR) is 101 cm³/mol.